The molecule has 0 spiro atoms. The van der Waals surface area contributed by atoms with Gasteiger partial charge in [-0.15, -0.1) is 0 Å². The number of hydrogen-bond donors (Lipinski definition) is 0. The first kappa shape index (κ1) is 14.0. The van der Waals surface area contributed by atoms with Gasteiger partial charge in [0.2, 0.25) is 0 Å². The highest BCUT2D eigenvalue weighted by molar-refractivity contribution is 5.68. The molecule has 0 aromatic heterocycles. The summed E-state index contributed by atoms with van der Waals surface area (Å²) in [6.07, 6.45) is -1.02. The Morgan fingerprint density at radius 1 is 1.11 bits per heavy atom. The fourth-order valence-corrected chi connectivity index (χ4v) is 1.51. The van der Waals surface area contributed by atoms with Crippen molar-refractivity contribution >= 4 is 11.9 Å². The monoisotopic (exact) mass is 252 g/mol. The van der Waals surface area contributed by atoms with Crippen LogP contribution in [-0.4, -0.2) is 19.0 Å². The number of ether oxygens (including phenoxy) is 3. The van der Waals surface area contributed by atoms with E-state index in [-0.39, 0.29) is 0 Å². The molecule has 0 N–H and O–H groups in total. The van der Waals surface area contributed by atoms with Gasteiger partial charge in [-0.2, -0.15) is 0 Å². The maximum Gasteiger partial charge on any atom is 0.305 e. The van der Waals surface area contributed by atoms with Crippen LogP contribution in [0.3, 0.4) is 0 Å². The molecule has 0 aliphatic rings. The average Bonchev–Trinajstić information content (AvgIpc) is 2.26. The highest BCUT2D eigenvalue weighted by Gasteiger charge is 2.18. The predicted molar refractivity (Wildman–Crippen MR) is 64.0 cm³/mol. The molecule has 1 rings (SSSR count). The number of rotatable bonds is 4. The van der Waals surface area contributed by atoms with Crippen LogP contribution >= 0.6 is 0 Å². The predicted octanol–water partition coefficient (Wildman–Crippen LogP) is 2.13. The Balaban J connectivity index is 3.00. The van der Waals surface area contributed by atoms with Gasteiger partial charge in [-0.3, -0.25) is 9.59 Å². The molecular formula is C13H16O5. The van der Waals surface area contributed by atoms with E-state index in [0.717, 1.165) is 5.56 Å². The first-order valence-corrected chi connectivity index (χ1v) is 5.43. The molecule has 0 radical (unpaired) electrons. The van der Waals surface area contributed by atoms with E-state index in [0.29, 0.717) is 11.3 Å². The van der Waals surface area contributed by atoms with Crippen molar-refractivity contribution < 1.29 is 23.8 Å². The van der Waals surface area contributed by atoms with Crippen molar-refractivity contribution in [2.45, 2.75) is 27.1 Å². The number of carbonyl (C=O) groups excluding carboxylic acids is 2. The third-order valence-electron chi connectivity index (χ3n) is 2.24. The summed E-state index contributed by atoms with van der Waals surface area (Å²) in [5, 5.41) is 0. The molecule has 0 aliphatic heterocycles. The van der Waals surface area contributed by atoms with E-state index in [9.17, 15) is 9.59 Å². The van der Waals surface area contributed by atoms with Gasteiger partial charge in [0, 0.05) is 19.4 Å². The van der Waals surface area contributed by atoms with E-state index in [1.807, 2.05) is 6.92 Å². The zero-order valence-electron chi connectivity index (χ0n) is 10.9. The first-order valence-electron chi connectivity index (χ1n) is 5.43. The second-order valence-corrected chi connectivity index (χ2v) is 3.78. The molecular weight excluding hydrogens is 236 g/mol. The molecule has 5 heteroatoms. The molecule has 1 aromatic rings. The van der Waals surface area contributed by atoms with Gasteiger partial charge in [0.15, 0.2) is 0 Å². The number of benzene rings is 1. The highest BCUT2D eigenvalue weighted by atomic mass is 16.7. The number of hydrogen-bond acceptors (Lipinski definition) is 5. The van der Waals surface area contributed by atoms with E-state index in [1.54, 1.807) is 25.3 Å². The van der Waals surface area contributed by atoms with Crippen LogP contribution in [-0.2, 0) is 19.1 Å². The minimum absolute atomic E-state index is 0.519. The number of methoxy groups -OCH3 is 1. The minimum atomic E-state index is -1.02. The van der Waals surface area contributed by atoms with Gasteiger partial charge in [-0.1, -0.05) is 0 Å². The van der Waals surface area contributed by atoms with E-state index in [1.165, 1.54) is 13.8 Å². The van der Waals surface area contributed by atoms with E-state index in [2.05, 4.69) is 0 Å². The molecule has 98 valence electrons. The Morgan fingerprint density at radius 2 is 1.67 bits per heavy atom. The lowest BCUT2D eigenvalue weighted by atomic mass is 10.1. The molecule has 0 aliphatic carbocycles. The van der Waals surface area contributed by atoms with Crippen molar-refractivity contribution in [3.05, 3.63) is 29.3 Å². The maximum absolute atomic E-state index is 11.0. The van der Waals surface area contributed by atoms with Crippen molar-refractivity contribution in [3.63, 3.8) is 0 Å². The molecule has 0 saturated heterocycles. The molecule has 0 unspecified atom stereocenters. The van der Waals surface area contributed by atoms with E-state index in [4.69, 9.17) is 14.2 Å². The zero-order chi connectivity index (χ0) is 13.7. The van der Waals surface area contributed by atoms with Crippen molar-refractivity contribution in [1.82, 2.24) is 0 Å². The first-order chi connectivity index (χ1) is 8.43. The van der Waals surface area contributed by atoms with Crippen LogP contribution in [0.4, 0.5) is 0 Å². The summed E-state index contributed by atoms with van der Waals surface area (Å²) in [7, 11) is 1.57. The lowest BCUT2D eigenvalue weighted by Crippen LogP contribution is -2.15. The normalized spacial score (nSPS) is 10.1. The lowest BCUT2D eigenvalue weighted by Gasteiger charge is -2.18. The maximum atomic E-state index is 11.0. The molecule has 0 fully saturated rings. The summed E-state index contributed by atoms with van der Waals surface area (Å²) in [5.41, 5.74) is 1.44. The number of esters is 2. The van der Waals surface area contributed by atoms with Gasteiger partial charge in [-0.25, -0.2) is 0 Å². The van der Waals surface area contributed by atoms with Crippen molar-refractivity contribution in [3.8, 4) is 5.75 Å². The van der Waals surface area contributed by atoms with Crippen molar-refractivity contribution in [2.24, 2.45) is 0 Å². The van der Waals surface area contributed by atoms with E-state index < -0.39 is 18.2 Å². The molecule has 0 atom stereocenters. The fraction of sp³-hybridized carbons (Fsp3) is 0.385. The summed E-state index contributed by atoms with van der Waals surface area (Å²) in [5.74, 6) is -0.326. The molecule has 5 nitrogen and oxygen atoms in total. The van der Waals surface area contributed by atoms with Gasteiger partial charge in [0.05, 0.1) is 7.11 Å². The van der Waals surface area contributed by atoms with Crippen LogP contribution in [0.5, 0.6) is 5.75 Å². The van der Waals surface area contributed by atoms with Gasteiger partial charge in [0.1, 0.15) is 5.75 Å². The third-order valence-corrected chi connectivity index (χ3v) is 2.24. The Morgan fingerprint density at radius 3 is 2.06 bits per heavy atom. The SMILES string of the molecule is COc1ccc(C(OC(C)=O)OC(C)=O)cc1C. The molecule has 0 bridgehead atoms. The van der Waals surface area contributed by atoms with Gasteiger partial charge < -0.3 is 14.2 Å². The van der Waals surface area contributed by atoms with Crippen LogP contribution in [0, 0.1) is 6.92 Å². The quantitative estimate of drug-likeness (QED) is 0.606. The van der Waals surface area contributed by atoms with E-state index >= 15 is 0 Å². The largest absolute Gasteiger partial charge is 0.496 e. The topological polar surface area (TPSA) is 61.8 Å². The fourth-order valence-electron chi connectivity index (χ4n) is 1.51. The van der Waals surface area contributed by atoms with Crippen LogP contribution in [0.2, 0.25) is 0 Å². The molecule has 0 amide bonds. The summed E-state index contributed by atoms with van der Waals surface area (Å²) < 4.78 is 15.0. The number of carbonyl (C=O) groups is 2. The standard InChI is InChI=1S/C13H16O5/c1-8-7-11(5-6-12(8)16-4)13(17-9(2)14)18-10(3)15/h5-7,13H,1-4H3. The lowest BCUT2D eigenvalue weighted by molar-refractivity contribution is -0.186. The Labute approximate surface area is 106 Å². The number of aryl methyl sites for hydroxylation is 1. The summed E-state index contributed by atoms with van der Waals surface area (Å²) in [4.78, 5) is 22.0. The van der Waals surface area contributed by atoms with Crippen LogP contribution < -0.4 is 4.74 Å². The Kier molecular flexibility index (Phi) is 4.71. The summed E-state index contributed by atoms with van der Waals surface area (Å²) in [6.45, 7) is 4.36. The van der Waals surface area contributed by atoms with Gasteiger partial charge >= 0.3 is 11.9 Å². The highest BCUT2D eigenvalue weighted by Crippen LogP contribution is 2.25. The van der Waals surface area contributed by atoms with Crippen LogP contribution in [0.15, 0.2) is 18.2 Å². The molecule has 1 aromatic carbocycles. The third kappa shape index (κ3) is 3.76. The van der Waals surface area contributed by atoms with Crippen molar-refractivity contribution in [1.29, 1.82) is 0 Å². The summed E-state index contributed by atoms with van der Waals surface area (Å²) >= 11 is 0. The smallest absolute Gasteiger partial charge is 0.305 e. The Bertz CT molecular complexity index is 437. The zero-order valence-corrected chi connectivity index (χ0v) is 10.9. The Hall–Kier alpha value is -2.04. The van der Waals surface area contributed by atoms with Gasteiger partial charge in [-0.05, 0) is 30.7 Å². The summed E-state index contributed by atoms with van der Waals surface area (Å²) in [6, 6.07) is 5.16. The van der Waals surface area contributed by atoms with Crippen LogP contribution in [0.1, 0.15) is 31.3 Å². The van der Waals surface area contributed by atoms with Crippen molar-refractivity contribution in [2.75, 3.05) is 7.11 Å². The molecule has 18 heavy (non-hydrogen) atoms. The second-order valence-electron chi connectivity index (χ2n) is 3.78. The second kappa shape index (κ2) is 6.05. The molecule has 0 heterocycles. The average molecular weight is 252 g/mol. The molecule has 0 saturated carbocycles. The van der Waals surface area contributed by atoms with Gasteiger partial charge in [0.25, 0.3) is 6.29 Å². The minimum Gasteiger partial charge on any atom is -0.496 e. The van der Waals surface area contributed by atoms with Crippen LogP contribution in [0.25, 0.3) is 0 Å².